The molecule has 0 bridgehead atoms. The van der Waals surface area contributed by atoms with Gasteiger partial charge in [-0.25, -0.2) is 9.96 Å². The highest BCUT2D eigenvalue weighted by atomic mass is 16.7. The van der Waals surface area contributed by atoms with Gasteiger partial charge in [-0.1, -0.05) is 36.4 Å². The molecule has 0 aromatic heterocycles. The molecule has 3 atom stereocenters. The third-order valence-electron chi connectivity index (χ3n) is 6.21. The summed E-state index contributed by atoms with van der Waals surface area (Å²) in [5, 5.41) is 11.4. The number of carbonyl (C=O) groups is 2. The lowest BCUT2D eigenvalue weighted by Crippen LogP contribution is -2.41. The molecule has 5 rings (SSSR count). The van der Waals surface area contributed by atoms with Crippen molar-refractivity contribution in [3.05, 3.63) is 84.4 Å². The van der Waals surface area contributed by atoms with Crippen molar-refractivity contribution in [2.24, 2.45) is 5.41 Å². The van der Waals surface area contributed by atoms with Crippen LogP contribution in [0.5, 0.6) is 11.5 Å². The van der Waals surface area contributed by atoms with Gasteiger partial charge in [-0.3, -0.25) is 14.4 Å². The second-order valence-electron chi connectivity index (χ2n) is 8.10. The van der Waals surface area contributed by atoms with E-state index in [1.165, 1.54) is 12.0 Å². The smallest absolute Gasteiger partial charge is 0.266 e. The van der Waals surface area contributed by atoms with Crippen LogP contribution in [-0.2, 0) is 14.4 Å². The molecule has 3 aromatic rings. The van der Waals surface area contributed by atoms with Crippen LogP contribution < -0.4 is 14.7 Å². The first kappa shape index (κ1) is 20.1. The Hall–Kier alpha value is -3.84. The van der Waals surface area contributed by atoms with Crippen molar-refractivity contribution < 1.29 is 24.3 Å². The number of hydrogen-bond acceptors (Lipinski definition) is 6. The van der Waals surface area contributed by atoms with Crippen LogP contribution in [0.2, 0.25) is 0 Å². The molecule has 3 aromatic carbocycles. The van der Waals surface area contributed by atoms with Gasteiger partial charge in [0.15, 0.2) is 6.10 Å². The first-order chi connectivity index (χ1) is 15.4. The topological polar surface area (TPSA) is 79.3 Å². The zero-order valence-corrected chi connectivity index (χ0v) is 17.6. The molecule has 162 valence electrons. The number of imide groups is 1. The summed E-state index contributed by atoms with van der Waals surface area (Å²) in [7, 11) is 1.53. The van der Waals surface area contributed by atoms with E-state index < -0.39 is 23.5 Å². The van der Waals surface area contributed by atoms with Gasteiger partial charge in [-0.05, 0) is 48.9 Å². The minimum atomic E-state index is -1.19. The fourth-order valence-corrected chi connectivity index (χ4v) is 4.58. The van der Waals surface area contributed by atoms with Crippen molar-refractivity contribution in [2.45, 2.75) is 19.1 Å². The fraction of sp³-hybridized carbons (Fsp3) is 0.200. The molecule has 32 heavy (non-hydrogen) atoms. The molecule has 2 amide bonds. The molecule has 0 saturated carbocycles. The summed E-state index contributed by atoms with van der Waals surface area (Å²) in [4.78, 5) is 34.7. The Labute approximate surface area is 185 Å². The lowest BCUT2D eigenvalue weighted by Gasteiger charge is -2.32. The molecule has 2 saturated heterocycles. The Bertz CT molecular complexity index is 1180. The number of amides is 2. The largest absolute Gasteiger partial charge is 0.508 e. The fourth-order valence-electron chi connectivity index (χ4n) is 4.58. The number of nitrogens with zero attached hydrogens (tertiary/aromatic N) is 2. The molecule has 2 aliphatic heterocycles. The van der Waals surface area contributed by atoms with Gasteiger partial charge in [0.1, 0.15) is 16.9 Å². The molecule has 7 heteroatoms. The first-order valence-corrected chi connectivity index (χ1v) is 10.3. The number of benzene rings is 3. The number of ether oxygens (including phenoxy) is 1. The zero-order valence-electron chi connectivity index (χ0n) is 17.6. The predicted molar refractivity (Wildman–Crippen MR) is 118 cm³/mol. The van der Waals surface area contributed by atoms with Gasteiger partial charge < -0.3 is 9.84 Å². The van der Waals surface area contributed by atoms with E-state index in [2.05, 4.69) is 0 Å². The third-order valence-corrected chi connectivity index (χ3v) is 6.21. The van der Waals surface area contributed by atoms with Crippen LogP contribution in [-0.4, -0.2) is 30.1 Å². The van der Waals surface area contributed by atoms with Gasteiger partial charge >= 0.3 is 0 Å². The minimum absolute atomic E-state index is 0.118. The number of rotatable bonds is 4. The van der Waals surface area contributed by atoms with Crippen LogP contribution in [0.4, 0.5) is 11.4 Å². The molecule has 1 N–H and O–H groups in total. The van der Waals surface area contributed by atoms with E-state index in [-0.39, 0.29) is 11.7 Å². The highest BCUT2D eigenvalue weighted by Gasteiger charge is 2.68. The maximum atomic E-state index is 13.9. The average Bonchev–Trinajstić information content (AvgIpc) is 3.23. The minimum Gasteiger partial charge on any atom is -0.508 e. The monoisotopic (exact) mass is 430 g/mol. The van der Waals surface area contributed by atoms with Crippen LogP contribution in [0.1, 0.15) is 18.5 Å². The third kappa shape index (κ3) is 2.85. The molecule has 0 radical (unpaired) electrons. The van der Waals surface area contributed by atoms with Gasteiger partial charge in [-0.2, -0.15) is 0 Å². The number of aromatic hydroxyl groups is 1. The van der Waals surface area contributed by atoms with Crippen molar-refractivity contribution in [3.63, 3.8) is 0 Å². The Balaban J connectivity index is 1.63. The van der Waals surface area contributed by atoms with E-state index in [0.717, 1.165) is 11.3 Å². The quantitative estimate of drug-likeness (QED) is 0.634. The van der Waals surface area contributed by atoms with Crippen molar-refractivity contribution in [2.75, 3.05) is 17.1 Å². The summed E-state index contributed by atoms with van der Waals surface area (Å²) in [5.74, 6) is -0.107. The Morgan fingerprint density at radius 1 is 0.938 bits per heavy atom. The van der Waals surface area contributed by atoms with Crippen LogP contribution in [0.25, 0.3) is 0 Å². The lowest BCUT2D eigenvalue weighted by atomic mass is 9.76. The number of methoxy groups -OCH3 is 1. The lowest BCUT2D eigenvalue weighted by molar-refractivity contribution is -0.128. The van der Waals surface area contributed by atoms with Crippen LogP contribution in [0.15, 0.2) is 78.9 Å². The predicted octanol–water partition coefficient (Wildman–Crippen LogP) is 3.84. The average molecular weight is 430 g/mol. The number of phenols is 1. The van der Waals surface area contributed by atoms with Crippen LogP contribution >= 0.6 is 0 Å². The summed E-state index contributed by atoms with van der Waals surface area (Å²) in [5.41, 5.74) is 0.738. The molecule has 7 nitrogen and oxygen atoms in total. The van der Waals surface area contributed by atoms with Crippen molar-refractivity contribution in [3.8, 4) is 11.5 Å². The Kier molecular flexibility index (Phi) is 4.64. The second-order valence-corrected chi connectivity index (χ2v) is 8.10. The normalized spacial score (nSPS) is 24.7. The number of anilines is 2. The molecule has 3 unspecified atom stereocenters. The summed E-state index contributed by atoms with van der Waals surface area (Å²) in [6.07, 6.45) is -1.000. The van der Waals surface area contributed by atoms with E-state index in [4.69, 9.17) is 9.57 Å². The molecule has 0 spiro atoms. The standard InChI is InChI=1S/C25H22N2O5/c1-25-21(16-11-13-19(28)14-12-16)27(17-7-4-3-5-8-17)32-22(25)23(29)26(24(25)30)18-9-6-10-20(15-18)31-2/h3-15,21-22,28H,1-2H3. The van der Waals surface area contributed by atoms with Crippen LogP contribution in [0, 0.1) is 5.41 Å². The number of para-hydroxylation sites is 1. The maximum Gasteiger partial charge on any atom is 0.266 e. The van der Waals surface area contributed by atoms with Gasteiger partial charge in [0.2, 0.25) is 5.91 Å². The molecular formula is C25H22N2O5. The molecule has 2 aliphatic rings. The molecular weight excluding hydrogens is 408 g/mol. The second kappa shape index (κ2) is 7.39. The number of phenolic OH excluding ortho intramolecular Hbond substituents is 1. The summed E-state index contributed by atoms with van der Waals surface area (Å²) in [6, 6.07) is 22.3. The summed E-state index contributed by atoms with van der Waals surface area (Å²) >= 11 is 0. The summed E-state index contributed by atoms with van der Waals surface area (Å²) < 4.78 is 5.27. The Morgan fingerprint density at radius 2 is 1.62 bits per heavy atom. The highest BCUT2D eigenvalue weighted by molar-refractivity contribution is 6.25. The zero-order chi connectivity index (χ0) is 22.5. The summed E-state index contributed by atoms with van der Waals surface area (Å²) in [6.45, 7) is 1.76. The number of carbonyl (C=O) groups excluding carboxylic acids is 2. The van der Waals surface area contributed by atoms with E-state index in [1.807, 2.05) is 30.3 Å². The van der Waals surface area contributed by atoms with Crippen molar-refractivity contribution >= 4 is 23.2 Å². The highest BCUT2D eigenvalue weighted by Crippen LogP contribution is 2.55. The van der Waals surface area contributed by atoms with E-state index in [9.17, 15) is 14.7 Å². The van der Waals surface area contributed by atoms with Gasteiger partial charge in [0, 0.05) is 6.07 Å². The van der Waals surface area contributed by atoms with Crippen molar-refractivity contribution in [1.82, 2.24) is 0 Å². The molecule has 2 fully saturated rings. The van der Waals surface area contributed by atoms with E-state index >= 15 is 0 Å². The van der Waals surface area contributed by atoms with Gasteiger partial charge in [0.25, 0.3) is 5.91 Å². The van der Waals surface area contributed by atoms with E-state index in [1.54, 1.807) is 60.5 Å². The maximum absolute atomic E-state index is 13.9. The first-order valence-electron chi connectivity index (χ1n) is 10.3. The number of hydroxylamine groups is 1. The molecule has 2 heterocycles. The van der Waals surface area contributed by atoms with Crippen LogP contribution in [0.3, 0.4) is 0 Å². The van der Waals surface area contributed by atoms with Gasteiger partial charge in [-0.15, -0.1) is 0 Å². The Morgan fingerprint density at radius 3 is 2.31 bits per heavy atom. The molecule has 0 aliphatic carbocycles. The van der Waals surface area contributed by atoms with E-state index in [0.29, 0.717) is 11.4 Å². The number of hydrogen-bond donors (Lipinski definition) is 1. The van der Waals surface area contributed by atoms with Gasteiger partial charge in [0.05, 0.1) is 24.5 Å². The van der Waals surface area contributed by atoms with Crippen molar-refractivity contribution in [1.29, 1.82) is 0 Å². The number of fused-ring (bicyclic) bond motifs is 1. The SMILES string of the molecule is COc1cccc(N2C(=O)C3ON(c4ccccc4)C(c4ccc(O)cc4)C3(C)C2=O)c1.